The molecule has 0 saturated carbocycles. The highest BCUT2D eigenvalue weighted by molar-refractivity contribution is 7.99. The molecule has 0 amide bonds. The maximum Gasteiger partial charge on any atom is 0.339 e. The molecule has 0 aromatic carbocycles. The molecule has 1 aromatic rings. The lowest BCUT2D eigenvalue weighted by Gasteiger charge is -2.10. The second-order valence-electron chi connectivity index (χ2n) is 3.52. The third-order valence-electron chi connectivity index (χ3n) is 2.23. The number of aromatic amines is 1. The maximum absolute atomic E-state index is 11.1. The van der Waals surface area contributed by atoms with Crippen LogP contribution in [0.15, 0.2) is 14.7 Å². The van der Waals surface area contributed by atoms with Crippen molar-refractivity contribution >= 4 is 17.7 Å². The average Bonchev–Trinajstić information content (AvgIpc) is 2.30. The normalized spacial score (nSPS) is 12.3. The van der Waals surface area contributed by atoms with Crippen LogP contribution in [0.4, 0.5) is 0 Å². The standard InChI is InChI=1S/C9H14N4O4S/c1-10-5(8(16)17)3-4-18-9-11-6(14)7(15)12-13(9)2/h5,10H,3-4H2,1-2H3,(H,12,15)(H,16,17). The second kappa shape index (κ2) is 6.36. The molecule has 1 aromatic heterocycles. The minimum absolute atomic E-state index is 0.347. The van der Waals surface area contributed by atoms with Crippen LogP contribution >= 0.6 is 11.8 Å². The zero-order chi connectivity index (χ0) is 13.7. The molecule has 1 rings (SSSR count). The first kappa shape index (κ1) is 14.5. The number of hydrogen-bond acceptors (Lipinski definition) is 6. The molecule has 1 heterocycles. The number of carbonyl (C=O) groups is 1. The van der Waals surface area contributed by atoms with Gasteiger partial charge in [-0.2, -0.15) is 4.98 Å². The van der Waals surface area contributed by atoms with Crippen molar-refractivity contribution in [1.29, 1.82) is 0 Å². The number of nitrogens with one attached hydrogen (secondary N) is 2. The van der Waals surface area contributed by atoms with Gasteiger partial charge in [0, 0.05) is 12.8 Å². The third kappa shape index (κ3) is 3.70. The SMILES string of the molecule is CNC(CCSc1nc(=O)c(=O)[nH]n1C)C(=O)O. The molecule has 0 fully saturated rings. The first-order valence-electron chi connectivity index (χ1n) is 5.16. The van der Waals surface area contributed by atoms with E-state index in [0.717, 1.165) is 0 Å². The van der Waals surface area contributed by atoms with E-state index in [0.29, 0.717) is 17.3 Å². The number of hydrogen-bond donors (Lipinski definition) is 3. The quantitative estimate of drug-likeness (QED) is 0.432. The Bertz CT molecular complexity index is 538. The van der Waals surface area contributed by atoms with E-state index >= 15 is 0 Å². The lowest BCUT2D eigenvalue weighted by Crippen LogP contribution is -2.35. The number of thioether (sulfide) groups is 1. The van der Waals surface area contributed by atoms with Crippen LogP contribution in [0.2, 0.25) is 0 Å². The lowest BCUT2D eigenvalue weighted by molar-refractivity contribution is -0.139. The number of rotatable bonds is 6. The van der Waals surface area contributed by atoms with Crippen molar-refractivity contribution < 1.29 is 9.90 Å². The summed E-state index contributed by atoms with van der Waals surface area (Å²) in [6.45, 7) is 0. The number of likely N-dealkylation sites (N-methyl/N-ethyl adjacent to an activating group) is 1. The Balaban J connectivity index is 2.64. The topological polar surface area (TPSA) is 117 Å². The van der Waals surface area contributed by atoms with Gasteiger partial charge in [-0.3, -0.25) is 24.2 Å². The summed E-state index contributed by atoms with van der Waals surface area (Å²) in [4.78, 5) is 36.4. The summed E-state index contributed by atoms with van der Waals surface area (Å²) < 4.78 is 1.34. The highest BCUT2D eigenvalue weighted by atomic mass is 32.2. The Morgan fingerprint density at radius 3 is 2.83 bits per heavy atom. The van der Waals surface area contributed by atoms with Crippen LogP contribution in [0, 0.1) is 0 Å². The van der Waals surface area contributed by atoms with Gasteiger partial charge in [-0.15, -0.1) is 0 Å². The van der Waals surface area contributed by atoms with Gasteiger partial charge in [-0.25, -0.2) is 0 Å². The fourth-order valence-corrected chi connectivity index (χ4v) is 2.17. The van der Waals surface area contributed by atoms with E-state index in [-0.39, 0.29) is 0 Å². The predicted molar refractivity (Wildman–Crippen MR) is 65.9 cm³/mol. The van der Waals surface area contributed by atoms with Gasteiger partial charge in [0.25, 0.3) is 0 Å². The highest BCUT2D eigenvalue weighted by Gasteiger charge is 2.14. The van der Waals surface area contributed by atoms with Crippen molar-refractivity contribution in [2.75, 3.05) is 12.8 Å². The predicted octanol–water partition coefficient (Wildman–Crippen LogP) is -1.38. The summed E-state index contributed by atoms with van der Waals surface area (Å²) in [7, 11) is 3.13. The van der Waals surface area contributed by atoms with Crippen molar-refractivity contribution in [1.82, 2.24) is 20.1 Å². The van der Waals surface area contributed by atoms with Gasteiger partial charge < -0.3 is 10.4 Å². The molecule has 9 heteroatoms. The van der Waals surface area contributed by atoms with E-state index in [4.69, 9.17) is 5.11 Å². The molecular weight excluding hydrogens is 260 g/mol. The molecule has 18 heavy (non-hydrogen) atoms. The Morgan fingerprint density at radius 1 is 1.61 bits per heavy atom. The number of carboxylic acids is 1. The molecule has 3 N–H and O–H groups in total. The Morgan fingerprint density at radius 2 is 2.28 bits per heavy atom. The van der Waals surface area contributed by atoms with Crippen LogP contribution in [0.3, 0.4) is 0 Å². The molecule has 1 unspecified atom stereocenters. The van der Waals surface area contributed by atoms with Crippen LogP contribution in [0.5, 0.6) is 0 Å². The first-order chi connectivity index (χ1) is 8.45. The van der Waals surface area contributed by atoms with E-state index < -0.39 is 23.1 Å². The zero-order valence-corrected chi connectivity index (χ0v) is 10.8. The summed E-state index contributed by atoms with van der Waals surface area (Å²) in [6, 6.07) is -0.641. The van der Waals surface area contributed by atoms with Gasteiger partial charge in [-0.05, 0) is 13.5 Å². The van der Waals surface area contributed by atoms with Gasteiger partial charge in [0.05, 0.1) is 0 Å². The smallest absolute Gasteiger partial charge is 0.339 e. The molecule has 100 valence electrons. The summed E-state index contributed by atoms with van der Waals surface area (Å²) in [5.74, 6) is -0.467. The van der Waals surface area contributed by atoms with Crippen LogP contribution in [-0.4, -0.2) is 44.7 Å². The average molecular weight is 274 g/mol. The van der Waals surface area contributed by atoms with Crippen LogP contribution in [-0.2, 0) is 11.8 Å². The van der Waals surface area contributed by atoms with Crippen LogP contribution < -0.4 is 16.4 Å². The van der Waals surface area contributed by atoms with Crippen molar-refractivity contribution in [2.45, 2.75) is 17.6 Å². The molecule has 0 bridgehead atoms. The molecule has 0 spiro atoms. The lowest BCUT2D eigenvalue weighted by atomic mass is 10.2. The Labute approximate surface area is 106 Å². The van der Waals surface area contributed by atoms with E-state index in [9.17, 15) is 14.4 Å². The molecule has 0 radical (unpaired) electrons. The van der Waals surface area contributed by atoms with Crippen molar-refractivity contribution in [3.63, 3.8) is 0 Å². The Kier molecular flexibility index (Phi) is 5.10. The molecule has 0 saturated heterocycles. The third-order valence-corrected chi connectivity index (χ3v) is 3.30. The maximum atomic E-state index is 11.1. The van der Waals surface area contributed by atoms with Gasteiger partial charge in [0.2, 0.25) is 0 Å². The summed E-state index contributed by atoms with van der Waals surface area (Å²) in [5.41, 5.74) is -1.63. The number of aryl methyl sites for hydroxylation is 1. The molecule has 0 aliphatic heterocycles. The number of H-pyrrole nitrogens is 1. The van der Waals surface area contributed by atoms with Gasteiger partial charge in [0.1, 0.15) is 6.04 Å². The van der Waals surface area contributed by atoms with Crippen molar-refractivity contribution in [3.05, 3.63) is 20.7 Å². The van der Waals surface area contributed by atoms with Gasteiger partial charge >= 0.3 is 17.1 Å². The number of carboxylic acid groups (broad SMARTS) is 1. The minimum atomic E-state index is -0.929. The largest absolute Gasteiger partial charge is 0.480 e. The second-order valence-corrected chi connectivity index (χ2v) is 4.58. The highest BCUT2D eigenvalue weighted by Crippen LogP contribution is 2.13. The van der Waals surface area contributed by atoms with Crippen molar-refractivity contribution in [2.24, 2.45) is 7.05 Å². The van der Waals surface area contributed by atoms with Crippen molar-refractivity contribution in [3.8, 4) is 0 Å². The number of aromatic nitrogens is 3. The summed E-state index contributed by atoms with van der Waals surface area (Å²) in [6.07, 6.45) is 0.380. The molecular formula is C9H14N4O4S. The van der Waals surface area contributed by atoms with E-state index in [1.165, 1.54) is 16.4 Å². The van der Waals surface area contributed by atoms with Gasteiger partial charge in [0.15, 0.2) is 5.16 Å². The van der Waals surface area contributed by atoms with E-state index in [1.54, 1.807) is 14.1 Å². The van der Waals surface area contributed by atoms with E-state index in [1.807, 2.05) is 0 Å². The monoisotopic (exact) mass is 274 g/mol. The zero-order valence-electron chi connectivity index (χ0n) is 9.97. The van der Waals surface area contributed by atoms with Crippen LogP contribution in [0.25, 0.3) is 0 Å². The first-order valence-corrected chi connectivity index (χ1v) is 6.14. The fourth-order valence-electron chi connectivity index (χ4n) is 1.25. The van der Waals surface area contributed by atoms with Gasteiger partial charge in [-0.1, -0.05) is 11.8 Å². The van der Waals surface area contributed by atoms with Crippen LogP contribution in [0.1, 0.15) is 6.42 Å². The number of aliphatic carboxylic acids is 1. The molecule has 8 nitrogen and oxygen atoms in total. The molecule has 0 aliphatic carbocycles. The van der Waals surface area contributed by atoms with E-state index in [2.05, 4.69) is 15.4 Å². The Hall–Kier alpha value is -1.61. The minimum Gasteiger partial charge on any atom is -0.480 e. The number of nitrogens with zero attached hydrogens (tertiary/aromatic N) is 2. The molecule has 1 atom stereocenters. The summed E-state index contributed by atoms with van der Waals surface area (Å²) >= 11 is 1.21. The fraction of sp³-hybridized carbons (Fsp3) is 0.556. The molecule has 0 aliphatic rings. The summed E-state index contributed by atoms with van der Waals surface area (Å²) in [5, 5.41) is 14.1.